The van der Waals surface area contributed by atoms with Crippen LogP contribution in [0.15, 0.2) is 59.5 Å². The van der Waals surface area contributed by atoms with Gasteiger partial charge in [-0.2, -0.15) is 17.7 Å². The molecule has 0 atom stereocenters. The van der Waals surface area contributed by atoms with Crippen molar-refractivity contribution in [2.75, 3.05) is 7.11 Å². The molecular weight excluding hydrogens is 605 g/mol. The Morgan fingerprint density at radius 3 is 1.77 bits per heavy atom. The maximum atomic E-state index is 11.6. The van der Waals surface area contributed by atoms with Crippen molar-refractivity contribution in [2.24, 2.45) is 0 Å². The first kappa shape index (κ1) is 42.9. The molecule has 0 spiro atoms. The molecule has 0 fully saturated rings. The Morgan fingerprint density at radius 1 is 0.821 bits per heavy atom. The van der Waals surface area contributed by atoms with Crippen LogP contribution in [0.3, 0.4) is 0 Å². The predicted molar refractivity (Wildman–Crippen MR) is 124 cm³/mol. The van der Waals surface area contributed by atoms with Crippen LogP contribution in [0.25, 0.3) is 11.1 Å². The minimum Gasteiger partial charge on any atom is -0.745 e. The molecule has 0 bridgehead atoms. The molecule has 3 aromatic carbocycles. The SMILES string of the molecule is CCc1c[c-]c(OCc2c[c-]c(-c3ccc(OC)cc3S(=O)(=O)[O-])cc2)cc1.O=S(=O)=O.O=S(=O)=O.[Na+].[Na+].[Na+]. The minimum absolute atomic E-state index is 0. The molecule has 3 aromatic rings. The second-order valence-corrected chi connectivity index (χ2v) is 8.70. The predicted octanol–water partition coefficient (Wildman–Crippen LogP) is -6.99. The Hall–Kier alpha value is -0.590. The molecule has 0 saturated carbocycles. The summed E-state index contributed by atoms with van der Waals surface area (Å²) in [5, 5.41) is 0. The van der Waals surface area contributed by atoms with Gasteiger partial charge in [0.05, 0.1) is 13.7 Å². The van der Waals surface area contributed by atoms with Gasteiger partial charge < -0.3 is 14.0 Å². The van der Waals surface area contributed by atoms with E-state index in [0.29, 0.717) is 23.7 Å². The summed E-state index contributed by atoms with van der Waals surface area (Å²) >= 11 is 0. The topological polar surface area (TPSA) is 178 Å². The van der Waals surface area contributed by atoms with Crippen LogP contribution in [-0.4, -0.2) is 45.3 Å². The number of benzene rings is 3. The maximum absolute atomic E-state index is 11.6. The number of hydrogen-bond donors (Lipinski definition) is 0. The third-order valence-electron chi connectivity index (χ3n) is 4.28. The van der Waals surface area contributed by atoms with E-state index in [0.717, 1.165) is 12.0 Å². The molecular formula is C22H19Na3O11S3. The van der Waals surface area contributed by atoms with E-state index in [1.54, 1.807) is 24.3 Å². The number of aryl methyl sites for hydroxylation is 1. The number of hydrogen-bond acceptors (Lipinski definition) is 11. The second kappa shape index (κ2) is 22.1. The van der Waals surface area contributed by atoms with Crippen molar-refractivity contribution in [1.82, 2.24) is 0 Å². The summed E-state index contributed by atoms with van der Waals surface area (Å²) in [6.07, 6.45) is 0.944. The Balaban J connectivity index is -0.00000104. The molecule has 0 aliphatic carbocycles. The van der Waals surface area contributed by atoms with Crippen molar-refractivity contribution in [3.8, 4) is 22.6 Å². The zero-order chi connectivity index (χ0) is 27.3. The van der Waals surface area contributed by atoms with Gasteiger partial charge in [0.15, 0.2) is 0 Å². The Kier molecular flexibility index (Phi) is 24.3. The van der Waals surface area contributed by atoms with Gasteiger partial charge in [-0.15, -0.1) is 67.2 Å². The molecule has 0 N–H and O–H groups in total. The van der Waals surface area contributed by atoms with E-state index < -0.39 is 31.3 Å². The van der Waals surface area contributed by atoms with E-state index in [9.17, 15) is 13.0 Å². The van der Waals surface area contributed by atoms with Crippen LogP contribution in [0.1, 0.15) is 18.1 Å². The van der Waals surface area contributed by atoms with Gasteiger partial charge in [-0.1, -0.05) is 30.5 Å². The summed E-state index contributed by atoms with van der Waals surface area (Å²) < 4.78 is 96.2. The fourth-order valence-electron chi connectivity index (χ4n) is 2.69. The van der Waals surface area contributed by atoms with Gasteiger partial charge in [0.1, 0.15) is 15.9 Å². The molecule has 0 unspecified atom stereocenters. The van der Waals surface area contributed by atoms with Gasteiger partial charge in [0.2, 0.25) is 0 Å². The number of methoxy groups -OCH3 is 1. The first-order valence-corrected chi connectivity index (χ1v) is 13.1. The molecule has 194 valence electrons. The molecule has 39 heavy (non-hydrogen) atoms. The van der Waals surface area contributed by atoms with Gasteiger partial charge in [0, 0.05) is 10.6 Å². The van der Waals surface area contributed by atoms with Crippen LogP contribution in [0, 0.1) is 12.1 Å². The average Bonchev–Trinajstić information content (AvgIpc) is 2.82. The third-order valence-corrected chi connectivity index (χ3v) is 5.15. The summed E-state index contributed by atoms with van der Waals surface area (Å²) in [4.78, 5) is -0.335. The molecule has 0 heterocycles. The Bertz CT molecular complexity index is 1440. The molecule has 0 saturated heterocycles. The Morgan fingerprint density at radius 2 is 1.36 bits per heavy atom. The molecule has 0 amide bonds. The molecule has 17 heteroatoms. The van der Waals surface area contributed by atoms with Crippen molar-refractivity contribution in [2.45, 2.75) is 24.8 Å². The van der Waals surface area contributed by atoms with Crippen LogP contribution in [-0.2, 0) is 44.4 Å². The van der Waals surface area contributed by atoms with Crippen LogP contribution in [0.4, 0.5) is 0 Å². The van der Waals surface area contributed by atoms with Crippen molar-refractivity contribution < 1.29 is 136 Å². The van der Waals surface area contributed by atoms with E-state index in [2.05, 4.69) is 19.1 Å². The Labute approximate surface area is 296 Å². The third kappa shape index (κ3) is 17.7. The molecule has 3 rings (SSSR count). The van der Waals surface area contributed by atoms with Crippen molar-refractivity contribution in [3.05, 3.63) is 77.9 Å². The van der Waals surface area contributed by atoms with Crippen LogP contribution < -0.4 is 98.1 Å². The fraction of sp³-hybridized carbons (Fsp3) is 0.182. The van der Waals surface area contributed by atoms with Gasteiger partial charge in [-0.3, -0.25) is 0 Å². The van der Waals surface area contributed by atoms with E-state index in [1.165, 1.54) is 24.8 Å². The summed E-state index contributed by atoms with van der Waals surface area (Å²) in [6.45, 7) is 2.40. The molecule has 0 aliphatic rings. The zero-order valence-electron chi connectivity index (χ0n) is 21.8. The first-order chi connectivity index (χ1) is 16.9. The maximum Gasteiger partial charge on any atom is 1.00 e. The fourth-order valence-corrected chi connectivity index (χ4v) is 3.39. The normalized spacial score (nSPS) is 9.31. The average molecular weight is 625 g/mol. The van der Waals surface area contributed by atoms with Gasteiger partial charge in [-0.25, -0.2) is 8.42 Å². The number of rotatable bonds is 7. The summed E-state index contributed by atoms with van der Waals surface area (Å²) in [5.41, 5.74) is 2.83. The standard InChI is InChI=1S/C22H20O5S.3Na.2O3S/c1-3-16-6-10-19(11-7-16)27-15-17-4-8-18(9-5-17)21-13-12-20(26-2)14-22(21)28(23,24)25;;;;2*1-4(2)3/h4-8,10,12-14H,3,15H2,1-2H3,(H,23,24,25);;;;;/q-2;3*+1;;/p-1. The van der Waals surface area contributed by atoms with Crippen molar-refractivity contribution in [3.63, 3.8) is 0 Å². The van der Waals surface area contributed by atoms with Crippen molar-refractivity contribution in [1.29, 1.82) is 0 Å². The monoisotopic (exact) mass is 624 g/mol. The molecule has 0 aromatic heterocycles. The van der Waals surface area contributed by atoms with Crippen LogP contribution in [0.2, 0.25) is 0 Å². The van der Waals surface area contributed by atoms with Gasteiger partial charge in [0.25, 0.3) is 0 Å². The van der Waals surface area contributed by atoms with E-state index in [4.69, 9.17) is 34.7 Å². The molecule has 0 aliphatic heterocycles. The number of ether oxygens (including phenoxy) is 2. The quantitative estimate of drug-likeness (QED) is 0.139. The van der Waals surface area contributed by atoms with Crippen molar-refractivity contribution >= 4 is 31.3 Å². The van der Waals surface area contributed by atoms with E-state index in [-0.39, 0.29) is 99.1 Å². The van der Waals surface area contributed by atoms with E-state index >= 15 is 0 Å². The summed E-state index contributed by atoms with van der Waals surface area (Å²) in [5.74, 6) is 0.949. The van der Waals surface area contributed by atoms with Crippen LogP contribution in [0.5, 0.6) is 11.5 Å². The van der Waals surface area contributed by atoms with E-state index in [1.807, 2.05) is 18.2 Å². The second-order valence-electron chi connectivity index (χ2n) is 6.54. The smallest absolute Gasteiger partial charge is 0.745 e. The largest absolute Gasteiger partial charge is 1.00 e. The zero-order valence-corrected chi connectivity index (χ0v) is 30.3. The first-order valence-electron chi connectivity index (χ1n) is 9.69. The summed E-state index contributed by atoms with van der Waals surface area (Å²) in [7, 11) is -9.47. The minimum atomic E-state index is -4.66. The van der Waals surface area contributed by atoms with Crippen LogP contribution >= 0.6 is 0 Å². The summed E-state index contributed by atoms with van der Waals surface area (Å²) in [6, 6.07) is 21.5. The molecule has 0 radical (unpaired) electrons. The van der Waals surface area contributed by atoms with Gasteiger partial charge >= 0.3 is 110 Å². The van der Waals surface area contributed by atoms with Gasteiger partial charge in [-0.05, 0) is 12.1 Å². The molecule has 11 nitrogen and oxygen atoms in total.